The van der Waals surface area contributed by atoms with E-state index in [1.165, 1.54) is 51.7 Å². The standard InChI is InChI=1S/C23H21ClFN3O4S/c24-22-9-8-20(33(30,31)27-11-13-32-14-12-27)15-21(22)23(29)28(16-18-3-1-2-10-26-18)19-6-4-17(25)5-7-19/h1-10,15H,11-14,16H2. The number of morpholine rings is 1. The van der Waals surface area contributed by atoms with Gasteiger partial charge in [0.1, 0.15) is 5.82 Å². The summed E-state index contributed by atoms with van der Waals surface area (Å²) in [5, 5.41) is 0.106. The van der Waals surface area contributed by atoms with Gasteiger partial charge in [0.25, 0.3) is 5.91 Å². The van der Waals surface area contributed by atoms with Crippen molar-refractivity contribution in [2.24, 2.45) is 0 Å². The van der Waals surface area contributed by atoms with E-state index in [0.29, 0.717) is 24.6 Å². The van der Waals surface area contributed by atoms with Crippen LogP contribution in [-0.4, -0.2) is 49.9 Å². The third kappa shape index (κ3) is 5.22. The van der Waals surface area contributed by atoms with Crippen molar-refractivity contribution in [1.82, 2.24) is 9.29 Å². The second-order valence-electron chi connectivity index (χ2n) is 7.35. The number of carbonyl (C=O) groups excluding carboxylic acids is 1. The predicted molar refractivity (Wildman–Crippen MR) is 122 cm³/mol. The average Bonchev–Trinajstić information content (AvgIpc) is 2.84. The van der Waals surface area contributed by atoms with Crippen LogP contribution in [0.2, 0.25) is 5.02 Å². The molecule has 0 atom stereocenters. The minimum atomic E-state index is -3.83. The number of hydrogen-bond donors (Lipinski definition) is 0. The third-order valence-corrected chi connectivity index (χ3v) is 7.43. The van der Waals surface area contributed by atoms with Crippen LogP contribution in [0.15, 0.2) is 71.8 Å². The van der Waals surface area contributed by atoms with Crippen molar-refractivity contribution in [3.05, 3.63) is 89.0 Å². The molecule has 1 fully saturated rings. The zero-order valence-electron chi connectivity index (χ0n) is 17.5. The quantitative estimate of drug-likeness (QED) is 0.527. The molecule has 1 aliphatic rings. The molecule has 4 rings (SSSR count). The van der Waals surface area contributed by atoms with E-state index in [2.05, 4.69) is 4.98 Å². The van der Waals surface area contributed by atoms with Gasteiger partial charge in [0.05, 0.1) is 40.9 Å². The lowest BCUT2D eigenvalue weighted by Gasteiger charge is -2.27. The van der Waals surface area contributed by atoms with Gasteiger partial charge < -0.3 is 9.64 Å². The zero-order chi connectivity index (χ0) is 23.4. The molecule has 3 aromatic rings. The number of aromatic nitrogens is 1. The summed E-state index contributed by atoms with van der Waals surface area (Å²) in [6.07, 6.45) is 1.60. The first kappa shape index (κ1) is 23.3. The number of carbonyl (C=O) groups is 1. The van der Waals surface area contributed by atoms with Crippen LogP contribution >= 0.6 is 11.6 Å². The third-order valence-electron chi connectivity index (χ3n) is 5.21. The summed E-state index contributed by atoms with van der Waals surface area (Å²) in [5.74, 6) is -0.975. The maximum absolute atomic E-state index is 13.6. The number of hydrogen-bond acceptors (Lipinski definition) is 5. The largest absolute Gasteiger partial charge is 0.379 e. The molecule has 1 saturated heterocycles. The Hall–Kier alpha value is -2.85. The van der Waals surface area contributed by atoms with Crippen LogP contribution in [0.4, 0.5) is 10.1 Å². The second-order valence-corrected chi connectivity index (χ2v) is 9.69. The highest BCUT2D eigenvalue weighted by Crippen LogP contribution is 2.27. The van der Waals surface area contributed by atoms with Gasteiger partial charge in [-0.15, -0.1) is 0 Å². The number of ether oxygens (including phenoxy) is 1. The summed E-state index contributed by atoms with van der Waals surface area (Å²) in [4.78, 5) is 19.2. The van der Waals surface area contributed by atoms with Gasteiger partial charge >= 0.3 is 0 Å². The molecule has 0 N–H and O–H groups in total. The molecular weight excluding hydrogens is 469 g/mol. The number of nitrogens with zero attached hydrogens (tertiary/aromatic N) is 3. The van der Waals surface area contributed by atoms with Crippen molar-refractivity contribution in [3.8, 4) is 0 Å². The molecule has 1 aliphatic heterocycles. The molecule has 0 aliphatic carbocycles. The van der Waals surface area contributed by atoms with Crippen LogP contribution in [0.5, 0.6) is 0 Å². The van der Waals surface area contributed by atoms with Gasteiger partial charge in [-0.25, -0.2) is 12.8 Å². The topological polar surface area (TPSA) is 79.8 Å². The van der Waals surface area contributed by atoms with E-state index in [0.717, 1.165) is 0 Å². The molecule has 1 aromatic heterocycles. The van der Waals surface area contributed by atoms with E-state index in [1.54, 1.807) is 24.4 Å². The van der Waals surface area contributed by atoms with Crippen LogP contribution in [0.3, 0.4) is 0 Å². The molecule has 0 bridgehead atoms. The van der Waals surface area contributed by atoms with Crippen LogP contribution in [-0.2, 0) is 21.3 Å². The molecule has 2 aromatic carbocycles. The maximum atomic E-state index is 13.6. The molecule has 0 unspecified atom stereocenters. The van der Waals surface area contributed by atoms with E-state index in [-0.39, 0.29) is 35.1 Å². The zero-order valence-corrected chi connectivity index (χ0v) is 19.1. The fraction of sp³-hybridized carbons (Fsp3) is 0.217. The second kappa shape index (κ2) is 9.96. The average molecular weight is 490 g/mol. The smallest absolute Gasteiger partial charge is 0.260 e. The van der Waals surface area contributed by atoms with E-state index in [9.17, 15) is 17.6 Å². The molecule has 0 radical (unpaired) electrons. The van der Waals surface area contributed by atoms with Crippen molar-refractivity contribution in [1.29, 1.82) is 0 Å². The minimum absolute atomic E-state index is 0.0197. The number of amides is 1. The van der Waals surface area contributed by atoms with Gasteiger partial charge in [0.2, 0.25) is 10.0 Å². The monoisotopic (exact) mass is 489 g/mol. The number of halogens is 2. The summed E-state index contributed by atoms with van der Waals surface area (Å²) < 4.78 is 46.2. The molecule has 10 heteroatoms. The van der Waals surface area contributed by atoms with Gasteiger partial charge in [-0.3, -0.25) is 9.78 Å². The fourth-order valence-electron chi connectivity index (χ4n) is 3.47. The number of pyridine rings is 1. The summed E-state index contributed by atoms with van der Waals surface area (Å²) in [6.45, 7) is 1.16. The highest BCUT2D eigenvalue weighted by molar-refractivity contribution is 7.89. The molecule has 2 heterocycles. The lowest BCUT2D eigenvalue weighted by Crippen LogP contribution is -2.40. The number of anilines is 1. The lowest BCUT2D eigenvalue weighted by molar-refractivity contribution is 0.0730. The summed E-state index contributed by atoms with van der Waals surface area (Å²) in [6, 6.07) is 14.8. The summed E-state index contributed by atoms with van der Waals surface area (Å²) in [7, 11) is -3.83. The number of benzene rings is 2. The fourth-order valence-corrected chi connectivity index (χ4v) is 5.10. The maximum Gasteiger partial charge on any atom is 0.260 e. The molecule has 1 amide bonds. The molecule has 33 heavy (non-hydrogen) atoms. The Morgan fingerprint density at radius 1 is 1.09 bits per heavy atom. The molecule has 7 nitrogen and oxygen atoms in total. The Morgan fingerprint density at radius 2 is 1.82 bits per heavy atom. The molecular formula is C23H21ClFN3O4S. The Balaban J connectivity index is 1.72. The summed E-state index contributed by atoms with van der Waals surface area (Å²) >= 11 is 6.34. The first-order valence-electron chi connectivity index (χ1n) is 10.2. The van der Waals surface area contributed by atoms with Crippen LogP contribution in [0, 0.1) is 5.82 Å². The Labute approximate surface area is 196 Å². The van der Waals surface area contributed by atoms with Crippen molar-refractivity contribution in [2.45, 2.75) is 11.4 Å². The van der Waals surface area contributed by atoms with Gasteiger partial charge in [0, 0.05) is 25.0 Å². The number of sulfonamides is 1. The van der Waals surface area contributed by atoms with Crippen molar-refractivity contribution in [2.75, 3.05) is 31.2 Å². The van der Waals surface area contributed by atoms with E-state index in [4.69, 9.17) is 16.3 Å². The Kier molecular flexibility index (Phi) is 7.04. The van der Waals surface area contributed by atoms with Crippen LogP contribution in [0.25, 0.3) is 0 Å². The minimum Gasteiger partial charge on any atom is -0.379 e. The van der Waals surface area contributed by atoms with Crippen LogP contribution in [0.1, 0.15) is 16.1 Å². The molecule has 0 saturated carbocycles. The van der Waals surface area contributed by atoms with Crippen molar-refractivity contribution >= 4 is 33.2 Å². The van der Waals surface area contributed by atoms with Gasteiger partial charge in [-0.1, -0.05) is 17.7 Å². The first-order valence-corrected chi connectivity index (χ1v) is 12.0. The normalized spacial score (nSPS) is 14.7. The van der Waals surface area contributed by atoms with E-state index in [1.807, 2.05) is 0 Å². The lowest BCUT2D eigenvalue weighted by atomic mass is 10.1. The van der Waals surface area contributed by atoms with Crippen molar-refractivity contribution in [3.63, 3.8) is 0 Å². The van der Waals surface area contributed by atoms with Gasteiger partial charge in [-0.05, 0) is 54.6 Å². The highest BCUT2D eigenvalue weighted by atomic mass is 35.5. The number of rotatable bonds is 6. The van der Waals surface area contributed by atoms with Crippen LogP contribution < -0.4 is 4.90 Å². The van der Waals surface area contributed by atoms with Gasteiger partial charge in [-0.2, -0.15) is 4.31 Å². The Morgan fingerprint density at radius 3 is 2.48 bits per heavy atom. The van der Waals surface area contributed by atoms with E-state index < -0.39 is 21.7 Å². The molecule has 0 spiro atoms. The SMILES string of the molecule is O=C(c1cc(S(=O)(=O)N2CCOCC2)ccc1Cl)N(Cc1ccccn1)c1ccc(F)cc1. The predicted octanol–water partition coefficient (Wildman–Crippen LogP) is 3.74. The van der Waals surface area contributed by atoms with E-state index >= 15 is 0 Å². The Bertz CT molecular complexity index is 1230. The molecule has 172 valence electrons. The van der Waals surface area contributed by atoms with Gasteiger partial charge in [0.15, 0.2) is 0 Å². The first-order chi connectivity index (χ1) is 15.9. The highest BCUT2D eigenvalue weighted by Gasteiger charge is 2.29. The summed E-state index contributed by atoms with van der Waals surface area (Å²) in [5.41, 5.74) is 1.04. The van der Waals surface area contributed by atoms with Crippen molar-refractivity contribution < 1.29 is 22.3 Å².